The summed E-state index contributed by atoms with van der Waals surface area (Å²) >= 11 is 6.69. The molecule has 0 amide bonds. The van der Waals surface area contributed by atoms with Crippen molar-refractivity contribution in [3.8, 4) is 0 Å². The molecule has 0 fully saturated rings. The number of hydrogen-bond donors (Lipinski definition) is 2. The summed E-state index contributed by atoms with van der Waals surface area (Å²) in [5.41, 5.74) is 1.47. The molecule has 1 aromatic heterocycles. The summed E-state index contributed by atoms with van der Waals surface area (Å²) in [7, 11) is -3.68. The van der Waals surface area contributed by atoms with Crippen molar-refractivity contribution in [2.24, 2.45) is 0 Å². The number of aryl methyl sites for hydroxylation is 2. The molecule has 0 aliphatic rings. The number of aromatic nitrogens is 2. The molecule has 19 heavy (non-hydrogen) atoms. The van der Waals surface area contributed by atoms with Crippen LogP contribution in [0.25, 0.3) is 0 Å². The number of nitrogens with zero attached hydrogens (tertiary/aromatic N) is 1. The maximum Gasteiger partial charge on any atom is 0.279 e. The van der Waals surface area contributed by atoms with Crippen LogP contribution in [0.5, 0.6) is 0 Å². The number of nitrogens with one attached hydrogen (secondary N) is 2. The smallest absolute Gasteiger partial charge is 0.279 e. The molecule has 1 heterocycles. The molecular formula is C11H11Br2N3O2S. The standard InChI is InChI=1S/C11H11Br2N3O2S/c1-6-3-8(12)11(9(13)4-6)16-19(17,18)10-5-14-7(2)15-10/h3-5,16H,1-2H3,(H,14,15). The van der Waals surface area contributed by atoms with Crippen molar-refractivity contribution >= 4 is 47.6 Å². The largest absolute Gasteiger partial charge is 0.332 e. The lowest BCUT2D eigenvalue weighted by atomic mass is 10.2. The molecule has 0 unspecified atom stereocenters. The van der Waals surface area contributed by atoms with Crippen LogP contribution in [0.4, 0.5) is 5.69 Å². The van der Waals surface area contributed by atoms with E-state index in [0.717, 1.165) is 5.56 Å². The molecule has 8 heteroatoms. The zero-order valence-corrected chi connectivity index (χ0v) is 14.1. The molecule has 0 spiro atoms. The predicted molar refractivity (Wildman–Crippen MR) is 80.7 cm³/mol. The minimum absolute atomic E-state index is 0.0318. The molecular weight excluding hydrogens is 398 g/mol. The third kappa shape index (κ3) is 3.18. The number of sulfonamides is 1. The Labute approximate surface area is 128 Å². The van der Waals surface area contributed by atoms with Gasteiger partial charge in [-0.2, -0.15) is 8.42 Å². The van der Waals surface area contributed by atoms with E-state index in [4.69, 9.17) is 0 Å². The molecule has 0 radical (unpaired) electrons. The Morgan fingerprint density at radius 1 is 1.21 bits per heavy atom. The minimum atomic E-state index is -3.68. The molecule has 0 bridgehead atoms. The Balaban J connectivity index is 2.41. The van der Waals surface area contributed by atoms with E-state index in [1.807, 2.05) is 19.1 Å². The van der Waals surface area contributed by atoms with Crippen molar-refractivity contribution in [2.45, 2.75) is 18.9 Å². The highest BCUT2D eigenvalue weighted by Gasteiger charge is 2.19. The summed E-state index contributed by atoms with van der Waals surface area (Å²) in [6, 6.07) is 3.67. The normalized spacial score (nSPS) is 11.6. The van der Waals surface area contributed by atoms with Crippen LogP contribution in [-0.4, -0.2) is 18.4 Å². The van der Waals surface area contributed by atoms with Gasteiger partial charge in [0.2, 0.25) is 0 Å². The SMILES string of the molecule is Cc1cc(Br)c(NS(=O)(=O)c2cnc(C)[nH]2)c(Br)c1. The molecule has 0 aliphatic carbocycles. The van der Waals surface area contributed by atoms with Crippen molar-refractivity contribution < 1.29 is 8.42 Å². The fraction of sp³-hybridized carbons (Fsp3) is 0.182. The number of anilines is 1. The molecule has 2 aromatic rings. The molecule has 102 valence electrons. The van der Waals surface area contributed by atoms with Gasteiger partial charge in [-0.25, -0.2) is 4.98 Å². The zero-order chi connectivity index (χ0) is 14.2. The topological polar surface area (TPSA) is 74.8 Å². The molecule has 0 saturated carbocycles. The first-order valence-electron chi connectivity index (χ1n) is 5.29. The van der Waals surface area contributed by atoms with Gasteiger partial charge in [-0.3, -0.25) is 4.72 Å². The van der Waals surface area contributed by atoms with Crippen LogP contribution in [0.2, 0.25) is 0 Å². The first-order valence-corrected chi connectivity index (χ1v) is 8.36. The van der Waals surface area contributed by atoms with Gasteiger partial charge in [-0.1, -0.05) is 0 Å². The van der Waals surface area contributed by atoms with Crippen LogP contribution in [0.15, 0.2) is 32.3 Å². The van der Waals surface area contributed by atoms with Crippen molar-refractivity contribution in [1.29, 1.82) is 0 Å². The van der Waals surface area contributed by atoms with Gasteiger partial charge < -0.3 is 4.98 Å². The second-order valence-electron chi connectivity index (χ2n) is 4.04. The van der Waals surface area contributed by atoms with Crippen LogP contribution in [0, 0.1) is 13.8 Å². The number of hydrogen-bond acceptors (Lipinski definition) is 3. The zero-order valence-electron chi connectivity index (χ0n) is 10.2. The number of rotatable bonds is 3. The lowest BCUT2D eigenvalue weighted by Gasteiger charge is -2.11. The van der Waals surface area contributed by atoms with Gasteiger partial charge in [0.15, 0.2) is 5.03 Å². The van der Waals surface area contributed by atoms with Gasteiger partial charge in [0, 0.05) is 8.95 Å². The van der Waals surface area contributed by atoms with Crippen molar-refractivity contribution in [2.75, 3.05) is 4.72 Å². The molecule has 5 nitrogen and oxygen atoms in total. The van der Waals surface area contributed by atoms with Crippen molar-refractivity contribution in [1.82, 2.24) is 9.97 Å². The van der Waals surface area contributed by atoms with E-state index >= 15 is 0 Å². The van der Waals surface area contributed by atoms with Gasteiger partial charge in [-0.15, -0.1) is 0 Å². The lowest BCUT2D eigenvalue weighted by molar-refractivity contribution is 0.598. The Morgan fingerprint density at radius 2 is 1.79 bits per heavy atom. The Kier molecular flexibility index (Phi) is 4.03. The van der Waals surface area contributed by atoms with E-state index < -0.39 is 10.0 Å². The number of H-pyrrole nitrogens is 1. The fourth-order valence-electron chi connectivity index (χ4n) is 1.52. The summed E-state index contributed by atoms with van der Waals surface area (Å²) in [6.45, 7) is 3.61. The molecule has 0 atom stereocenters. The van der Waals surface area contributed by atoms with E-state index in [0.29, 0.717) is 20.5 Å². The molecule has 0 aliphatic heterocycles. The quantitative estimate of drug-likeness (QED) is 0.817. The van der Waals surface area contributed by atoms with E-state index in [9.17, 15) is 8.42 Å². The molecule has 2 N–H and O–H groups in total. The van der Waals surface area contributed by atoms with Gasteiger partial charge in [0.05, 0.1) is 11.9 Å². The minimum Gasteiger partial charge on any atom is -0.332 e. The third-order valence-corrected chi connectivity index (χ3v) is 4.90. The van der Waals surface area contributed by atoms with Crippen LogP contribution in [0.3, 0.4) is 0 Å². The first-order chi connectivity index (χ1) is 8.79. The van der Waals surface area contributed by atoms with Gasteiger partial charge in [0.1, 0.15) is 5.82 Å². The Bertz CT molecular complexity index is 702. The highest BCUT2D eigenvalue weighted by molar-refractivity contribution is 9.11. The summed E-state index contributed by atoms with van der Waals surface area (Å²) < 4.78 is 28.2. The maximum atomic E-state index is 12.2. The van der Waals surface area contributed by atoms with Crippen LogP contribution in [0.1, 0.15) is 11.4 Å². The maximum absolute atomic E-state index is 12.2. The van der Waals surface area contributed by atoms with Gasteiger partial charge in [-0.05, 0) is 63.4 Å². The van der Waals surface area contributed by atoms with Crippen molar-refractivity contribution in [3.63, 3.8) is 0 Å². The van der Waals surface area contributed by atoms with Crippen molar-refractivity contribution in [3.05, 3.63) is 38.7 Å². The van der Waals surface area contributed by atoms with E-state index in [1.54, 1.807) is 6.92 Å². The average molecular weight is 409 g/mol. The Hall–Kier alpha value is -0.860. The molecule has 0 saturated heterocycles. The Morgan fingerprint density at radius 3 is 2.26 bits per heavy atom. The second-order valence-corrected chi connectivity index (χ2v) is 7.40. The summed E-state index contributed by atoms with van der Waals surface area (Å²) in [4.78, 5) is 6.58. The van der Waals surface area contributed by atoms with E-state index in [1.165, 1.54) is 6.20 Å². The molecule has 1 aromatic carbocycles. The predicted octanol–water partition coefficient (Wildman–Crippen LogP) is 3.35. The number of benzene rings is 1. The van der Waals surface area contributed by atoms with Crippen LogP contribution < -0.4 is 4.72 Å². The van der Waals surface area contributed by atoms with Gasteiger partial charge in [0.25, 0.3) is 10.0 Å². The molecule has 2 rings (SSSR count). The van der Waals surface area contributed by atoms with Crippen LogP contribution in [-0.2, 0) is 10.0 Å². The van der Waals surface area contributed by atoms with Gasteiger partial charge >= 0.3 is 0 Å². The average Bonchev–Trinajstić information content (AvgIpc) is 2.71. The fourth-order valence-corrected chi connectivity index (χ4v) is 4.47. The second kappa shape index (κ2) is 5.26. The van der Waals surface area contributed by atoms with E-state index in [2.05, 4.69) is 46.5 Å². The lowest BCUT2D eigenvalue weighted by Crippen LogP contribution is -2.14. The number of aromatic amines is 1. The highest BCUT2D eigenvalue weighted by atomic mass is 79.9. The van der Waals surface area contributed by atoms with E-state index in [-0.39, 0.29) is 5.03 Å². The van der Waals surface area contributed by atoms with Crippen LogP contribution >= 0.6 is 31.9 Å². The summed E-state index contributed by atoms with van der Waals surface area (Å²) in [5.74, 6) is 0.544. The summed E-state index contributed by atoms with van der Waals surface area (Å²) in [6.07, 6.45) is 1.29. The number of imidazole rings is 1. The number of halogens is 2. The third-order valence-electron chi connectivity index (χ3n) is 2.39. The first kappa shape index (κ1) is 14.5. The summed E-state index contributed by atoms with van der Waals surface area (Å²) in [5, 5.41) is 0.0318. The highest BCUT2D eigenvalue weighted by Crippen LogP contribution is 2.33. The monoisotopic (exact) mass is 407 g/mol.